The summed E-state index contributed by atoms with van der Waals surface area (Å²) in [4.78, 5) is 24.1. The van der Waals surface area contributed by atoms with Gasteiger partial charge in [0.25, 0.3) is 5.91 Å². The quantitative estimate of drug-likeness (QED) is 0.622. The molecule has 0 aliphatic rings. The van der Waals surface area contributed by atoms with Gasteiger partial charge in [-0.1, -0.05) is 30.3 Å². The van der Waals surface area contributed by atoms with Crippen molar-refractivity contribution in [1.82, 2.24) is 24.9 Å². The highest BCUT2D eigenvalue weighted by molar-refractivity contribution is 5.98. The number of hydrogen-bond acceptors (Lipinski definition) is 4. The summed E-state index contributed by atoms with van der Waals surface area (Å²) in [6.45, 7) is 1.77. The molecule has 0 aliphatic carbocycles. The number of carboxylic acid groups (broad SMARTS) is 1. The summed E-state index contributed by atoms with van der Waals surface area (Å²) >= 11 is 0. The van der Waals surface area contributed by atoms with Crippen LogP contribution in [0.4, 0.5) is 0 Å². The zero-order valence-electron chi connectivity index (χ0n) is 15.9. The van der Waals surface area contributed by atoms with Crippen LogP contribution < -0.4 is 5.32 Å². The van der Waals surface area contributed by atoms with Crippen LogP contribution in [0.2, 0.25) is 0 Å². The van der Waals surface area contributed by atoms with Gasteiger partial charge in [-0.05, 0) is 31.4 Å². The Hall–Kier alpha value is -3.42. The molecule has 0 saturated carbocycles. The Balaban J connectivity index is 1.84. The van der Waals surface area contributed by atoms with E-state index < -0.39 is 5.97 Å². The highest BCUT2D eigenvalue weighted by Crippen LogP contribution is 2.18. The lowest BCUT2D eigenvalue weighted by Gasteiger charge is -2.19. The van der Waals surface area contributed by atoms with Crippen molar-refractivity contribution in [3.8, 4) is 5.82 Å². The fourth-order valence-corrected chi connectivity index (χ4v) is 3.25. The van der Waals surface area contributed by atoms with E-state index in [2.05, 4.69) is 15.5 Å². The van der Waals surface area contributed by atoms with E-state index in [1.165, 1.54) is 0 Å². The molecular weight excluding hydrogens is 358 g/mol. The van der Waals surface area contributed by atoms with Crippen molar-refractivity contribution in [3.05, 3.63) is 65.6 Å². The molecule has 3 aromatic rings. The SMILES string of the molecule is Cc1nn(C)c(-n2cccn2)c1C(=O)NC(CCC(=O)O)Cc1ccccc1. The molecule has 0 saturated heterocycles. The minimum atomic E-state index is -0.887. The minimum Gasteiger partial charge on any atom is -0.481 e. The maximum absolute atomic E-state index is 13.1. The second kappa shape index (κ2) is 8.51. The summed E-state index contributed by atoms with van der Waals surface area (Å²) < 4.78 is 3.21. The molecule has 2 heterocycles. The number of nitrogens with zero attached hydrogens (tertiary/aromatic N) is 4. The van der Waals surface area contributed by atoms with Crippen molar-refractivity contribution >= 4 is 11.9 Å². The average Bonchev–Trinajstić information content (AvgIpc) is 3.27. The average molecular weight is 381 g/mol. The molecule has 1 amide bonds. The van der Waals surface area contributed by atoms with Crippen LogP contribution in [0, 0.1) is 6.92 Å². The predicted molar refractivity (Wildman–Crippen MR) is 103 cm³/mol. The Kier molecular flexibility index (Phi) is 5.88. The van der Waals surface area contributed by atoms with E-state index in [0.717, 1.165) is 5.56 Å². The summed E-state index contributed by atoms with van der Waals surface area (Å²) in [6.07, 6.45) is 4.26. The summed E-state index contributed by atoms with van der Waals surface area (Å²) in [5.41, 5.74) is 2.05. The first kappa shape index (κ1) is 19.3. The van der Waals surface area contributed by atoms with Crippen molar-refractivity contribution in [2.75, 3.05) is 0 Å². The van der Waals surface area contributed by atoms with Gasteiger partial charge in [0.1, 0.15) is 5.56 Å². The molecule has 2 aromatic heterocycles. The molecule has 0 aliphatic heterocycles. The fraction of sp³-hybridized carbons (Fsp3) is 0.300. The number of carbonyl (C=O) groups excluding carboxylic acids is 1. The number of amides is 1. The molecule has 0 fully saturated rings. The second-order valence-electron chi connectivity index (χ2n) is 6.65. The Bertz CT molecular complexity index is 948. The smallest absolute Gasteiger partial charge is 0.303 e. The van der Waals surface area contributed by atoms with E-state index in [9.17, 15) is 9.59 Å². The molecule has 8 heteroatoms. The number of aryl methyl sites for hydroxylation is 2. The zero-order valence-corrected chi connectivity index (χ0v) is 15.9. The number of nitrogens with one attached hydrogen (secondary N) is 1. The lowest BCUT2D eigenvalue weighted by Crippen LogP contribution is -2.37. The summed E-state index contributed by atoms with van der Waals surface area (Å²) in [6, 6.07) is 11.2. The van der Waals surface area contributed by atoms with E-state index in [4.69, 9.17) is 5.11 Å². The first-order valence-electron chi connectivity index (χ1n) is 9.06. The van der Waals surface area contributed by atoms with Crippen LogP contribution in [-0.4, -0.2) is 42.6 Å². The molecular formula is C20H23N5O3. The Labute approximate surface area is 162 Å². The molecule has 3 rings (SSSR count). The van der Waals surface area contributed by atoms with Crippen molar-refractivity contribution in [3.63, 3.8) is 0 Å². The van der Waals surface area contributed by atoms with Crippen molar-refractivity contribution < 1.29 is 14.7 Å². The first-order chi connectivity index (χ1) is 13.5. The fourth-order valence-electron chi connectivity index (χ4n) is 3.25. The van der Waals surface area contributed by atoms with Gasteiger partial charge in [0.2, 0.25) is 0 Å². The molecule has 0 radical (unpaired) electrons. The third kappa shape index (κ3) is 4.46. The first-order valence-corrected chi connectivity index (χ1v) is 9.06. The Morgan fingerprint density at radius 1 is 1.21 bits per heavy atom. The van der Waals surface area contributed by atoms with E-state index >= 15 is 0 Å². The highest BCUT2D eigenvalue weighted by atomic mass is 16.4. The Morgan fingerprint density at radius 3 is 2.61 bits per heavy atom. The van der Waals surface area contributed by atoms with Gasteiger partial charge in [-0.15, -0.1) is 0 Å². The van der Waals surface area contributed by atoms with Crippen LogP contribution in [0.1, 0.15) is 34.5 Å². The molecule has 8 nitrogen and oxygen atoms in total. The van der Waals surface area contributed by atoms with Crippen LogP contribution in [0.15, 0.2) is 48.8 Å². The summed E-state index contributed by atoms with van der Waals surface area (Å²) in [5.74, 6) is -0.610. The summed E-state index contributed by atoms with van der Waals surface area (Å²) in [5, 5.41) is 20.6. The highest BCUT2D eigenvalue weighted by Gasteiger charge is 2.24. The van der Waals surface area contributed by atoms with E-state index in [-0.39, 0.29) is 18.4 Å². The monoisotopic (exact) mass is 381 g/mol. The number of rotatable bonds is 8. The molecule has 146 valence electrons. The van der Waals surface area contributed by atoms with Gasteiger partial charge in [-0.25, -0.2) is 9.36 Å². The second-order valence-corrected chi connectivity index (χ2v) is 6.65. The molecule has 1 unspecified atom stereocenters. The molecule has 0 spiro atoms. The van der Waals surface area contributed by atoms with E-state index in [1.54, 1.807) is 41.8 Å². The third-order valence-corrected chi connectivity index (χ3v) is 4.51. The topological polar surface area (TPSA) is 102 Å². The number of aromatic nitrogens is 4. The van der Waals surface area contributed by atoms with Gasteiger partial charge < -0.3 is 10.4 Å². The molecule has 2 N–H and O–H groups in total. The summed E-state index contributed by atoms with van der Waals surface area (Å²) in [7, 11) is 1.76. The maximum Gasteiger partial charge on any atom is 0.303 e. The van der Waals surface area contributed by atoms with Gasteiger partial charge in [0.15, 0.2) is 5.82 Å². The lowest BCUT2D eigenvalue weighted by atomic mass is 10.0. The number of carbonyl (C=O) groups is 2. The maximum atomic E-state index is 13.1. The van der Waals surface area contributed by atoms with Crippen molar-refractivity contribution in [2.24, 2.45) is 7.05 Å². The number of benzene rings is 1. The largest absolute Gasteiger partial charge is 0.481 e. The zero-order chi connectivity index (χ0) is 20.1. The van der Waals surface area contributed by atoms with Crippen LogP contribution in [-0.2, 0) is 18.3 Å². The van der Waals surface area contributed by atoms with E-state index in [0.29, 0.717) is 29.9 Å². The number of aliphatic carboxylic acids is 1. The van der Waals surface area contributed by atoms with E-state index in [1.807, 2.05) is 30.3 Å². The Morgan fingerprint density at radius 2 is 1.96 bits per heavy atom. The lowest BCUT2D eigenvalue weighted by molar-refractivity contribution is -0.137. The van der Waals surface area contributed by atoms with Gasteiger partial charge >= 0.3 is 5.97 Å². The minimum absolute atomic E-state index is 0.0180. The van der Waals surface area contributed by atoms with Crippen molar-refractivity contribution in [1.29, 1.82) is 0 Å². The predicted octanol–water partition coefficient (Wildman–Crippen LogP) is 2.12. The van der Waals surface area contributed by atoms with Crippen molar-refractivity contribution in [2.45, 2.75) is 32.2 Å². The van der Waals surface area contributed by atoms with Gasteiger partial charge in [0, 0.05) is 31.9 Å². The number of carboxylic acids is 1. The molecule has 28 heavy (non-hydrogen) atoms. The molecule has 1 atom stereocenters. The molecule has 1 aromatic carbocycles. The van der Waals surface area contributed by atoms with Crippen LogP contribution >= 0.6 is 0 Å². The number of hydrogen-bond donors (Lipinski definition) is 2. The normalized spacial score (nSPS) is 11.9. The van der Waals surface area contributed by atoms with Gasteiger partial charge in [-0.2, -0.15) is 10.2 Å². The van der Waals surface area contributed by atoms with Crippen LogP contribution in [0.5, 0.6) is 0 Å². The van der Waals surface area contributed by atoms with Gasteiger partial charge in [0.05, 0.1) is 5.69 Å². The van der Waals surface area contributed by atoms with Gasteiger partial charge in [-0.3, -0.25) is 9.59 Å². The third-order valence-electron chi connectivity index (χ3n) is 4.51. The standard InChI is InChI=1S/C20H23N5O3/c1-14-18(20(24(2)23-14)25-12-6-11-21-25)19(28)22-16(9-10-17(26)27)13-15-7-4-3-5-8-15/h3-8,11-12,16H,9-10,13H2,1-2H3,(H,22,28)(H,26,27). The molecule has 0 bridgehead atoms. The van der Waals surface area contributed by atoms with Crippen LogP contribution in [0.3, 0.4) is 0 Å². The van der Waals surface area contributed by atoms with Crippen LogP contribution in [0.25, 0.3) is 5.82 Å².